The van der Waals surface area contributed by atoms with Crippen LogP contribution in [-0.2, 0) is 4.79 Å². The molecule has 2 rings (SSSR count). The van der Waals surface area contributed by atoms with E-state index in [9.17, 15) is 9.18 Å². The van der Waals surface area contributed by atoms with Gasteiger partial charge in [-0.15, -0.1) is 0 Å². The van der Waals surface area contributed by atoms with Crippen LogP contribution >= 0.6 is 11.6 Å². The molecule has 1 heterocycles. The van der Waals surface area contributed by atoms with Gasteiger partial charge in [-0.2, -0.15) is 0 Å². The van der Waals surface area contributed by atoms with Crippen LogP contribution in [0.15, 0.2) is 30.5 Å². The lowest BCUT2D eigenvalue weighted by molar-refractivity contribution is -0.114. The number of hydrogen-bond acceptors (Lipinski definition) is 2. The van der Waals surface area contributed by atoms with Crippen LogP contribution in [0.25, 0.3) is 11.1 Å². The van der Waals surface area contributed by atoms with Gasteiger partial charge >= 0.3 is 0 Å². The molecular weight excluding hydrogens is 267 g/mol. The van der Waals surface area contributed by atoms with Crippen molar-refractivity contribution in [2.45, 2.75) is 13.8 Å². The van der Waals surface area contributed by atoms with E-state index < -0.39 is 5.82 Å². The van der Waals surface area contributed by atoms with Crippen molar-refractivity contribution < 1.29 is 9.18 Å². The van der Waals surface area contributed by atoms with Crippen molar-refractivity contribution in [2.75, 3.05) is 5.32 Å². The van der Waals surface area contributed by atoms with E-state index >= 15 is 0 Å². The number of halogens is 2. The highest BCUT2D eigenvalue weighted by atomic mass is 35.5. The third-order valence-corrected chi connectivity index (χ3v) is 2.86. The lowest BCUT2D eigenvalue weighted by Gasteiger charge is -2.10. The highest BCUT2D eigenvalue weighted by Gasteiger charge is 2.10. The number of aromatic nitrogens is 1. The van der Waals surface area contributed by atoms with Gasteiger partial charge in [-0.25, -0.2) is 9.37 Å². The van der Waals surface area contributed by atoms with Gasteiger partial charge in [0, 0.05) is 23.7 Å². The number of rotatable bonds is 2. The topological polar surface area (TPSA) is 42.0 Å². The Bertz CT molecular complexity index is 643. The quantitative estimate of drug-likeness (QED) is 0.908. The second-order valence-electron chi connectivity index (χ2n) is 4.19. The summed E-state index contributed by atoms with van der Waals surface area (Å²) in [5.74, 6) is -0.239. The van der Waals surface area contributed by atoms with Crippen LogP contribution in [0.5, 0.6) is 0 Å². The first-order valence-corrected chi connectivity index (χ1v) is 6.05. The summed E-state index contributed by atoms with van der Waals surface area (Å²) >= 11 is 5.73. The van der Waals surface area contributed by atoms with Gasteiger partial charge in [0.05, 0.1) is 0 Å². The minimum absolute atomic E-state index is 0.223. The predicted octanol–water partition coefficient (Wildman–Crippen LogP) is 3.81. The summed E-state index contributed by atoms with van der Waals surface area (Å²) in [5, 5.41) is 2.92. The van der Waals surface area contributed by atoms with Crippen molar-refractivity contribution in [1.29, 1.82) is 0 Å². The molecule has 0 saturated carbocycles. The van der Waals surface area contributed by atoms with Gasteiger partial charge < -0.3 is 5.32 Å². The van der Waals surface area contributed by atoms with E-state index in [1.54, 1.807) is 24.4 Å². The summed E-state index contributed by atoms with van der Waals surface area (Å²) in [7, 11) is 0. The van der Waals surface area contributed by atoms with Crippen molar-refractivity contribution in [3.05, 3.63) is 46.9 Å². The Morgan fingerprint density at radius 2 is 2.05 bits per heavy atom. The molecule has 1 aromatic carbocycles. The molecule has 98 valence electrons. The van der Waals surface area contributed by atoms with Gasteiger partial charge in [-0.3, -0.25) is 4.79 Å². The second-order valence-corrected chi connectivity index (χ2v) is 4.63. The molecule has 2 aromatic rings. The number of nitrogens with zero attached hydrogens (tertiary/aromatic N) is 1. The summed E-state index contributed by atoms with van der Waals surface area (Å²) in [4.78, 5) is 15.1. The molecule has 19 heavy (non-hydrogen) atoms. The summed E-state index contributed by atoms with van der Waals surface area (Å²) in [6, 6.07) is 6.13. The minimum Gasteiger partial charge on any atom is -0.311 e. The van der Waals surface area contributed by atoms with Crippen molar-refractivity contribution in [2.24, 2.45) is 0 Å². The maximum Gasteiger partial charge on any atom is 0.222 e. The smallest absolute Gasteiger partial charge is 0.222 e. The van der Waals surface area contributed by atoms with Crippen molar-refractivity contribution >= 4 is 23.3 Å². The number of hydrogen-bond donors (Lipinski definition) is 1. The molecule has 0 saturated heterocycles. The Kier molecular flexibility index (Phi) is 3.81. The van der Waals surface area contributed by atoms with Gasteiger partial charge in [0.25, 0.3) is 0 Å². The van der Waals surface area contributed by atoms with Gasteiger partial charge in [0.1, 0.15) is 11.6 Å². The zero-order valence-corrected chi connectivity index (χ0v) is 11.3. The normalized spacial score (nSPS) is 10.3. The number of nitrogens with one attached hydrogen (secondary N) is 1. The van der Waals surface area contributed by atoms with E-state index in [0.29, 0.717) is 22.0 Å². The van der Waals surface area contributed by atoms with Crippen LogP contribution in [0.3, 0.4) is 0 Å². The minimum atomic E-state index is -0.407. The average molecular weight is 279 g/mol. The zero-order chi connectivity index (χ0) is 14.0. The predicted molar refractivity (Wildman–Crippen MR) is 73.7 cm³/mol. The third kappa shape index (κ3) is 3.09. The average Bonchev–Trinajstić information content (AvgIpc) is 2.31. The largest absolute Gasteiger partial charge is 0.311 e. The number of amides is 1. The lowest BCUT2D eigenvalue weighted by atomic mass is 10.0. The molecule has 0 atom stereocenters. The maximum atomic E-state index is 13.9. The molecule has 1 amide bonds. The fraction of sp³-hybridized carbons (Fsp3) is 0.143. The number of carbonyl (C=O) groups excluding carboxylic acids is 1. The fourth-order valence-corrected chi connectivity index (χ4v) is 1.93. The first kappa shape index (κ1) is 13.5. The first-order chi connectivity index (χ1) is 8.97. The molecule has 1 aromatic heterocycles. The molecule has 1 N–H and O–H groups in total. The van der Waals surface area contributed by atoms with Gasteiger partial charge in [-0.05, 0) is 42.3 Å². The molecule has 0 spiro atoms. The molecule has 0 aliphatic rings. The van der Waals surface area contributed by atoms with Crippen LogP contribution in [0.1, 0.15) is 12.5 Å². The van der Waals surface area contributed by atoms with E-state index in [0.717, 1.165) is 5.56 Å². The fourth-order valence-electron chi connectivity index (χ4n) is 1.77. The summed E-state index contributed by atoms with van der Waals surface area (Å²) in [6.45, 7) is 3.22. The summed E-state index contributed by atoms with van der Waals surface area (Å²) < 4.78 is 13.9. The van der Waals surface area contributed by atoms with Crippen LogP contribution in [-0.4, -0.2) is 10.9 Å². The van der Waals surface area contributed by atoms with Crippen LogP contribution in [0.2, 0.25) is 5.02 Å². The monoisotopic (exact) mass is 278 g/mol. The highest BCUT2D eigenvalue weighted by Crippen LogP contribution is 2.29. The molecule has 0 unspecified atom stereocenters. The number of pyridine rings is 1. The van der Waals surface area contributed by atoms with Gasteiger partial charge in [0.15, 0.2) is 0 Å². The standard InChI is InChI=1S/C14H12ClFN2O/c1-8-7-17-14(18-9(2)19)6-12(8)11-4-3-10(15)5-13(11)16/h3-7H,1-2H3,(H,17,18,19). The Balaban J connectivity index is 2.51. The lowest BCUT2D eigenvalue weighted by Crippen LogP contribution is -2.07. The van der Waals surface area contributed by atoms with E-state index in [1.807, 2.05) is 6.92 Å². The van der Waals surface area contributed by atoms with E-state index in [-0.39, 0.29) is 5.91 Å². The summed E-state index contributed by atoms with van der Waals surface area (Å²) in [6.07, 6.45) is 1.59. The molecule has 0 aliphatic carbocycles. The summed E-state index contributed by atoms with van der Waals surface area (Å²) in [5.41, 5.74) is 1.92. The Morgan fingerprint density at radius 3 is 2.68 bits per heavy atom. The van der Waals surface area contributed by atoms with Crippen molar-refractivity contribution in [3.8, 4) is 11.1 Å². The Labute approximate surface area is 115 Å². The van der Waals surface area contributed by atoms with Crippen LogP contribution < -0.4 is 5.32 Å². The SMILES string of the molecule is CC(=O)Nc1cc(-c2ccc(Cl)cc2F)c(C)cn1. The molecule has 3 nitrogen and oxygen atoms in total. The molecule has 0 fully saturated rings. The van der Waals surface area contributed by atoms with Gasteiger partial charge in [0.2, 0.25) is 5.91 Å². The van der Waals surface area contributed by atoms with E-state index in [4.69, 9.17) is 11.6 Å². The molecule has 0 bridgehead atoms. The number of benzene rings is 1. The second kappa shape index (κ2) is 5.36. The molecular formula is C14H12ClFN2O. The molecule has 5 heteroatoms. The number of carbonyl (C=O) groups is 1. The van der Waals surface area contributed by atoms with Crippen LogP contribution in [0, 0.1) is 12.7 Å². The van der Waals surface area contributed by atoms with Crippen molar-refractivity contribution in [3.63, 3.8) is 0 Å². The third-order valence-electron chi connectivity index (χ3n) is 2.63. The van der Waals surface area contributed by atoms with Gasteiger partial charge in [-0.1, -0.05) is 11.6 Å². The number of anilines is 1. The van der Waals surface area contributed by atoms with Crippen molar-refractivity contribution in [1.82, 2.24) is 4.98 Å². The molecule has 0 aliphatic heterocycles. The number of aryl methyl sites for hydroxylation is 1. The Morgan fingerprint density at radius 1 is 1.32 bits per heavy atom. The van der Waals surface area contributed by atoms with Crippen LogP contribution in [0.4, 0.5) is 10.2 Å². The van der Waals surface area contributed by atoms with E-state index in [1.165, 1.54) is 13.0 Å². The maximum absolute atomic E-state index is 13.9. The zero-order valence-electron chi connectivity index (χ0n) is 10.5. The first-order valence-electron chi connectivity index (χ1n) is 5.67. The van der Waals surface area contributed by atoms with E-state index in [2.05, 4.69) is 10.3 Å². The highest BCUT2D eigenvalue weighted by molar-refractivity contribution is 6.30. The Hall–Kier alpha value is -1.94. The molecule has 0 radical (unpaired) electrons.